The van der Waals surface area contributed by atoms with Gasteiger partial charge in [-0.05, 0) is 6.42 Å². The molecule has 0 radical (unpaired) electrons. The predicted molar refractivity (Wildman–Crippen MR) is 60.3 cm³/mol. The van der Waals surface area contributed by atoms with E-state index in [1.54, 1.807) is 0 Å². The van der Waals surface area contributed by atoms with E-state index in [4.69, 9.17) is 0 Å². The Bertz CT molecular complexity index is 321. The summed E-state index contributed by atoms with van der Waals surface area (Å²) in [5.41, 5.74) is 2.66. The first-order valence-corrected chi connectivity index (χ1v) is 4.44. The van der Waals surface area contributed by atoms with Crippen molar-refractivity contribution in [3.63, 3.8) is 0 Å². The number of hydrogen-bond donors (Lipinski definition) is 0. The molecule has 2 rings (SSSR count). The molecule has 0 atom stereocenters. The van der Waals surface area contributed by atoms with Gasteiger partial charge in [-0.15, -0.1) is 0 Å². The Morgan fingerprint density at radius 2 is 1.53 bits per heavy atom. The quantitative estimate of drug-likeness (QED) is 0.520. The van der Waals surface area contributed by atoms with E-state index in [-0.39, 0.29) is 40.0 Å². The molecule has 0 aliphatic carbocycles. The van der Waals surface area contributed by atoms with Gasteiger partial charge in [0.2, 0.25) is 0 Å². The van der Waals surface area contributed by atoms with Crippen molar-refractivity contribution in [2.45, 2.75) is 6.42 Å². The van der Waals surface area contributed by atoms with E-state index in [0.717, 1.165) is 6.42 Å². The van der Waals surface area contributed by atoms with Gasteiger partial charge < -0.3 is 17.0 Å². The molecule has 0 N–H and O–H groups in total. The summed E-state index contributed by atoms with van der Waals surface area (Å²) >= 11 is 0. The zero-order chi connectivity index (χ0) is 8.93. The third-order valence-electron chi connectivity index (χ3n) is 2.02. The SMILES string of the molecule is [Br-].[Mg+2].[c-]1cccc(Cc2ccccc2)c1. The van der Waals surface area contributed by atoms with Gasteiger partial charge in [0.1, 0.15) is 0 Å². The Balaban J connectivity index is 0.000000980. The summed E-state index contributed by atoms with van der Waals surface area (Å²) in [6.45, 7) is 0. The molecule has 0 aromatic heterocycles. The fraction of sp³-hybridized carbons (Fsp3) is 0.0769. The van der Waals surface area contributed by atoms with Crippen molar-refractivity contribution in [2.75, 3.05) is 0 Å². The van der Waals surface area contributed by atoms with Gasteiger partial charge in [0.05, 0.1) is 0 Å². The van der Waals surface area contributed by atoms with Crippen LogP contribution in [0.15, 0.2) is 54.6 Å². The van der Waals surface area contributed by atoms with Gasteiger partial charge in [0.25, 0.3) is 0 Å². The van der Waals surface area contributed by atoms with Crippen LogP contribution in [0.5, 0.6) is 0 Å². The number of hydrogen-bond acceptors (Lipinski definition) is 0. The Morgan fingerprint density at radius 3 is 2.13 bits per heavy atom. The Morgan fingerprint density at radius 1 is 0.867 bits per heavy atom. The zero-order valence-corrected chi connectivity index (χ0v) is 11.5. The molecule has 0 bridgehead atoms. The van der Waals surface area contributed by atoms with Crippen molar-refractivity contribution < 1.29 is 17.0 Å². The molecule has 0 saturated heterocycles. The molecule has 2 aromatic rings. The van der Waals surface area contributed by atoms with Crippen LogP contribution in [0.4, 0.5) is 0 Å². The minimum absolute atomic E-state index is 0. The summed E-state index contributed by atoms with van der Waals surface area (Å²) in [6.07, 6.45) is 0.998. The van der Waals surface area contributed by atoms with Crippen LogP contribution in [0.2, 0.25) is 0 Å². The normalized spacial score (nSPS) is 8.53. The van der Waals surface area contributed by atoms with E-state index in [1.165, 1.54) is 11.1 Å². The largest absolute Gasteiger partial charge is 2.00 e. The molecule has 0 heterocycles. The minimum atomic E-state index is 0. The van der Waals surface area contributed by atoms with Gasteiger partial charge in [-0.25, -0.2) is 0 Å². The van der Waals surface area contributed by atoms with Gasteiger partial charge in [-0.1, -0.05) is 35.9 Å². The summed E-state index contributed by atoms with van der Waals surface area (Å²) in [6, 6.07) is 21.7. The number of halogens is 1. The first kappa shape index (κ1) is 14.7. The van der Waals surface area contributed by atoms with E-state index in [9.17, 15) is 0 Å². The van der Waals surface area contributed by atoms with Crippen molar-refractivity contribution in [1.82, 2.24) is 0 Å². The molecule has 0 spiro atoms. The first-order valence-electron chi connectivity index (χ1n) is 4.44. The molecular formula is C13H11BrMg. The van der Waals surface area contributed by atoms with Gasteiger partial charge in [-0.2, -0.15) is 35.9 Å². The van der Waals surface area contributed by atoms with Gasteiger partial charge in [0.15, 0.2) is 0 Å². The average molecular weight is 271 g/mol. The van der Waals surface area contributed by atoms with Crippen LogP contribution < -0.4 is 17.0 Å². The average Bonchev–Trinajstić information content (AvgIpc) is 2.21. The van der Waals surface area contributed by atoms with Crippen molar-refractivity contribution in [3.8, 4) is 0 Å². The van der Waals surface area contributed by atoms with E-state index in [1.807, 2.05) is 24.3 Å². The fourth-order valence-corrected chi connectivity index (χ4v) is 1.37. The maximum atomic E-state index is 3.08. The maximum Gasteiger partial charge on any atom is 2.00 e. The fourth-order valence-electron chi connectivity index (χ4n) is 1.37. The zero-order valence-electron chi connectivity index (χ0n) is 8.49. The van der Waals surface area contributed by atoms with Crippen molar-refractivity contribution in [3.05, 3.63) is 71.8 Å². The van der Waals surface area contributed by atoms with Crippen LogP contribution in [-0.2, 0) is 6.42 Å². The van der Waals surface area contributed by atoms with Crippen LogP contribution in [0.25, 0.3) is 0 Å². The van der Waals surface area contributed by atoms with E-state index in [0.29, 0.717) is 0 Å². The smallest absolute Gasteiger partial charge is 1.00 e. The molecule has 0 unspecified atom stereocenters. The standard InChI is InChI=1S/C13H11.BrH.Mg/c1-3-7-12(8-4-1)11-13-9-5-2-6-10-13;;/h1-5,7-10H,11H2;1H;/q-1;;+2/p-1. The number of rotatable bonds is 2. The molecule has 72 valence electrons. The van der Waals surface area contributed by atoms with E-state index >= 15 is 0 Å². The van der Waals surface area contributed by atoms with Gasteiger partial charge in [-0.3, -0.25) is 0 Å². The monoisotopic (exact) mass is 270 g/mol. The molecule has 0 aliphatic heterocycles. The van der Waals surface area contributed by atoms with Crippen LogP contribution in [0.1, 0.15) is 11.1 Å². The molecule has 0 fully saturated rings. The summed E-state index contributed by atoms with van der Waals surface area (Å²) in [5.74, 6) is 0. The summed E-state index contributed by atoms with van der Waals surface area (Å²) in [7, 11) is 0. The second-order valence-electron chi connectivity index (χ2n) is 3.07. The number of benzene rings is 2. The maximum absolute atomic E-state index is 3.08. The molecular weight excluding hydrogens is 260 g/mol. The van der Waals surface area contributed by atoms with Gasteiger partial charge in [0, 0.05) is 0 Å². The summed E-state index contributed by atoms with van der Waals surface area (Å²) in [5, 5.41) is 0. The van der Waals surface area contributed by atoms with Crippen LogP contribution in [0, 0.1) is 6.07 Å². The van der Waals surface area contributed by atoms with Crippen molar-refractivity contribution in [1.29, 1.82) is 0 Å². The minimum Gasteiger partial charge on any atom is -1.00 e. The first-order chi connectivity index (χ1) is 6.45. The van der Waals surface area contributed by atoms with Crippen molar-refractivity contribution in [2.24, 2.45) is 0 Å². The molecule has 2 aromatic carbocycles. The van der Waals surface area contributed by atoms with Gasteiger partial charge >= 0.3 is 23.1 Å². The molecule has 0 saturated carbocycles. The van der Waals surface area contributed by atoms with Crippen molar-refractivity contribution >= 4 is 23.1 Å². The summed E-state index contributed by atoms with van der Waals surface area (Å²) in [4.78, 5) is 0. The molecule has 15 heavy (non-hydrogen) atoms. The predicted octanol–water partition coefficient (Wildman–Crippen LogP) is -0.299. The second-order valence-corrected chi connectivity index (χ2v) is 3.07. The van der Waals surface area contributed by atoms with Crippen LogP contribution in [-0.4, -0.2) is 23.1 Å². The summed E-state index contributed by atoms with van der Waals surface area (Å²) < 4.78 is 0. The third kappa shape index (κ3) is 4.82. The molecule has 0 amide bonds. The van der Waals surface area contributed by atoms with E-state index < -0.39 is 0 Å². The van der Waals surface area contributed by atoms with Crippen LogP contribution >= 0.6 is 0 Å². The molecule has 2 heteroatoms. The third-order valence-corrected chi connectivity index (χ3v) is 2.02. The topological polar surface area (TPSA) is 0 Å². The van der Waals surface area contributed by atoms with Crippen LogP contribution in [0.3, 0.4) is 0 Å². The Kier molecular flexibility index (Phi) is 7.75. The second kappa shape index (κ2) is 7.91. The Hall–Kier alpha value is -0.314. The Labute approximate surface area is 118 Å². The van der Waals surface area contributed by atoms with E-state index in [2.05, 4.69) is 36.4 Å². The molecule has 0 aliphatic rings. The molecule has 0 nitrogen and oxygen atoms in total.